The highest BCUT2D eigenvalue weighted by atomic mass is 16.1. The minimum absolute atomic E-state index is 0.0638. The average Bonchev–Trinajstić information content (AvgIpc) is 2.15. The van der Waals surface area contributed by atoms with E-state index in [1.54, 1.807) is 0 Å². The number of Topliss-reactive ketones (excluding diaryl/α,β-unsaturated/α-hetero) is 1. The van der Waals surface area contributed by atoms with Crippen LogP contribution in [0.1, 0.15) is 56.1 Å². The molecule has 0 saturated heterocycles. The van der Waals surface area contributed by atoms with Crippen molar-refractivity contribution in [2.75, 3.05) is 0 Å². The normalized spacial score (nSPS) is 11.9. The summed E-state index contributed by atoms with van der Waals surface area (Å²) in [5, 5.41) is 0. The summed E-state index contributed by atoms with van der Waals surface area (Å²) in [6.45, 7) is 12.4. The first-order valence-electron chi connectivity index (χ1n) is 5.89. The van der Waals surface area contributed by atoms with Gasteiger partial charge in [0.1, 0.15) is 0 Å². The van der Waals surface area contributed by atoms with Crippen LogP contribution in [0, 0.1) is 12.8 Å². The van der Waals surface area contributed by atoms with Gasteiger partial charge in [-0.15, -0.1) is 0 Å². The summed E-state index contributed by atoms with van der Waals surface area (Å²) >= 11 is 0. The second-order valence-corrected chi connectivity index (χ2v) is 5.80. The minimum Gasteiger partial charge on any atom is -0.294 e. The fraction of sp³-hybridized carbons (Fsp3) is 0.533. The van der Waals surface area contributed by atoms with Crippen molar-refractivity contribution >= 4 is 5.78 Å². The van der Waals surface area contributed by atoms with Crippen molar-refractivity contribution in [1.82, 2.24) is 0 Å². The van der Waals surface area contributed by atoms with Gasteiger partial charge in [-0.25, -0.2) is 0 Å². The van der Waals surface area contributed by atoms with E-state index < -0.39 is 0 Å². The third-order valence-electron chi connectivity index (χ3n) is 2.89. The fourth-order valence-corrected chi connectivity index (χ4v) is 1.66. The Kier molecular flexibility index (Phi) is 3.57. The number of aryl methyl sites for hydroxylation is 1. The van der Waals surface area contributed by atoms with Crippen molar-refractivity contribution in [3.8, 4) is 0 Å². The van der Waals surface area contributed by atoms with E-state index in [1.165, 1.54) is 5.56 Å². The molecule has 0 radical (unpaired) electrons. The lowest BCUT2D eigenvalue weighted by molar-refractivity contribution is 0.0938. The summed E-state index contributed by atoms with van der Waals surface area (Å²) in [4.78, 5) is 12.0. The minimum atomic E-state index is 0.0638. The highest BCUT2D eigenvalue weighted by Crippen LogP contribution is 2.25. The molecule has 1 aromatic rings. The van der Waals surface area contributed by atoms with Gasteiger partial charge in [-0.2, -0.15) is 0 Å². The van der Waals surface area contributed by atoms with Crippen molar-refractivity contribution in [2.45, 2.75) is 47.0 Å². The first-order valence-corrected chi connectivity index (χ1v) is 5.89. The van der Waals surface area contributed by atoms with E-state index in [0.29, 0.717) is 0 Å². The summed E-state index contributed by atoms with van der Waals surface area (Å²) in [5.74, 6) is 0.303. The maximum absolute atomic E-state index is 12.0. The highest BCUT2D eigenvalue weighted by molar-refractivity contribution is 5.98. The van der Waals surface area contributed by atoms with Crippen LogP contribution in [0.25, 0.3) is 0 Å². The highest BCUT2D eigenvalue weighted by Gasteiger charge is 2.18. The van der Waals surface area contributed by atoms with Gasteiger partial charge in [0.05, 0.1) is 0 Å². The molecule has 0 atom stereocenters. The quantitative estimate of drug-likeness (QED) is 0.682. The summed E-state index contributed by atoms with van der Waals surface area (Å²) in [7, 11) is 0. The summed E-state index contributed by atoms with van der Waals surface area (Å²) in [5.41, 5.74) is 3.27. The molecule has 0 heterocycles. The molecule has 1 nitrogen and oxygen atoms in total. The van der Waals surface area contributed by atoms with E-state index in [9.17, 15) is 4.79 Å². The van der Waals surface area contributed by atoms with E-state index in [2.05, 4.69) is 39.0 Å². The molecule has 0 saturated carbocycles. The first-order chi connectivity index (χ1) is 7.23. The molecule has 0 bridgehead atoms. The van der Waals surface area contributed by atoms with E-state index >= 15 is 0 Å². The number of carbonyl (C=O) groups excluding carboxylic acids is 1. The topological polar surface area (TPSA) is 17.1 Å². The van der Waals surface area contributed by atoms with Crippen LogP contribution in [0.15, 0.2) is 18.2 Å². The monoisotopic (exact) mass is 218 g/mol. The number of rotatable bonds is 2. The number of carbonyl (C=O) groups is 1. The second-order valence-electron chi connectivity index (χ2n) is 5.80. The van der Waals surface area contributed by atoms with Crippen LogP contribution < -0.4 is 0 Å². The second kappa shape index (κ2) is 4.40. The summed E-state index contributed by atoms with van der Waals surface area (Å²) in [6, 6.07) is 6.22. The number of hydrogen-bond donors (Lipinski definition) is 0. The summed E-state index contributed by atoms with van der Waals surface area (Å²) in [6.07, 6.45) is 0. The van der Waals surface area contributed by atoms with Crippen LogP contribution in [0.4, 0.5) is 0 Å². The van der Waals surface area contributed by atoms with Crippen molar-refractivity contribution in [3.05, 3.63) is 34.9 Å². The van der Waals surface area contributed by atoms with Gasteiger partial charge in [0.25, 0.3) is 0 Å². The molecule has 88 valence electrons. The van der Waals surface area contributed by atoms with Gasteiger partial charge in [0.15, 0.2) is 5.78 Å². The van der Waals surface area contributed by atoms with Gasteiger partial charge in [-0.3, -0.25) is 4.79 Å². The largest absolute Gasteiger partial charge is 0.294 e. The Bertz CT molecular complexity index is 394. The van der Waals surface area contributed by atoms with E-state index in [1.807, 2.05) is 20.8 Å². The van der Waals surface area contributed by atoms with Crippen LogP contribution in [0.2, 0.25) is 0 Å². The van der Waals surface area contributed by atoms with E-state index in [0.717, 1.165) is 11.1 Å². The Morgan fingerprint density at radius 1 is 1.19 bits per heavy atom. The number of ketones is 1. The lowest BCUT2D eigenvalue weighted by Gasteiger charge is -2.21. The van der Waals surface area contributed by atoms with Crippen LogP contribution in [-0.4, -0.2) is 5.78 Å². The average molecular weight is 218 g/mol. The molecule has 0 amide bonds. The van der Waals surface area contributed by atoms with Crippen molar-refractivity contribution in [3.63, 3.8) is 0 Å². The van der Waals surface area contributed by atoms with Crippen LogP contribution in [-0.2, 0) is 5.41 Å². The Morgan fingerprint density at radius 3 is 2.19 bits per heavy atom. The smallest absolute Gasteiger partial charge is 0.165 e. The molecular formula is C15H22O. The van der Waals surface area contributed by atoms with Gasteiger partial charge in [-0.05, 0) is 29.5 Å². The van der Waals surface area contributed by atoms with Crippen molar-refractivity contribution < 1.29 is 4.79 Å². The number of benzene rings is 1. The molecule has 1 aromatic carbocycles. The standard InChI is InChI=1S/C15H22O/c1-10(2)14(16)13-9-12(15(4,5)6)8-7-11(13)3/h7-10H,1-6H3. The molecule has 0 aromatic heterocycles. The van der Waals surface area contributed by atoms with Gasteiger partial charge in [0.2, 0.25) is 0 Å². The maximum Gasteiger partial charge on any atom is 0.165 e. The molecule has 0 spiro atoms. The predicted octanol–water partition coefficient (Wildman–Crippen LogP) is 4.13. The molecule has 0 fully saturated rings. The molecule has 16 heavy (non-hydrogen) atoms. The Balaban J connectivity index is 3.25. The first kappa shape index (κ1) is 13.0. The third kappa shape index (κ3) is 2.72. The fourth-order valence-electron chi connectivity index (χ4n) is 1.66. The van der Waals surface area contributed by atoms with Crippen LogP contribution in [0.3, 0.4) is 0 Å². The molecule has 0 aliphatic heterocycles. The van der Waals surface area contributed by atoms with Crippen molar-refractivity contribution in [2.24, 2.45) is 5.92 Å². The third-order valence-corrected chi connectivity index (χ3v) is 2.89. The van der Waals surface area contributed by atoms with Gasteiger partial charge >= 0.3 is 0 Å². The van der Waals surface area contributed by atoms with Crippen molar-refractivity contribution in [1.29, 1.82) is 0 Å². The SMILES string of the molecule is Cc1ccc(C(C)(C)C)cc1C(=O)C(C)C. The van der Waals surface area contributed by atoms with E-state index in [4.69, 9.17) is 0 Å². The molecular weight excluding hydrogens is 196 g/mol. The zero-order valence-electron chi connectivity index (χ0n) is 11.2. The van der Waals surface area contributed by atoms with Crippen LogP contribution >= 0.6 is 0 Å². The molecule has 0 unspecified atom stereocenters. The molecule has 1 heteroatoms. The van der Waals surface area contributed by atoms with E-state index in [-0.39, 0.29) is 17.1 Å². The molecule has 0 aliphatic rings. The van der Waals surface area contributed by atoms with Gasteiger partial charge in [0, 0.05) is 11.5 Å². The number of hydrogen-bond acceptors (Lipinski definition) is 1. The Labute approximate surface area is 98.9 Å². The lowest BCUT2D eigenvalue weighted by atomic mass is 9.84. The zero-order valence-corrected chi connectivity index (χ0v) is 11.2. The van der Waals surface area contributed by atoms with Gasteiger partial charge in [-0.1, -0.05) is 46.8 Å². The van der Waals surface area contributed by atoms with Gasteiger partial charge < -0.3 is 0 Å². The lowest BCUT2D eigenvalue weighted by Crippen LogP contribution is -2.15. The van der Waals surface area contributed by atoms with Crippen LogP contribution in [0.5, 0.6) is 0 Å². The molecule has 1 rings (SSSR count). The Morgan fingerprint density at radius 2 is 1.75 bits per heavy atom. The molecule has 0 aliphatic carbocycles. The predicted molar refractivity (Wildman–Crippen MR) is 69.0 cm³/mol. The maximum atomic E-state index is 12.0. The Hall–Kier alpha value is -1.11. The zero-order chi connectivity index (χ0) is 12.5. The summed E-state index contributed by atoms with van der Waals surface area (Å²) < 4.78 is 0. The molecule has 0 N–H and O–H groups in total.